The second kappa shape index (κ2) is 6.64. The molecule has 3 heterocycles. The second-order valence-electron chi connectivity index (χ2n) is 7.17. The molecular weight excluding hydrogens is 380 g/mol. The summed E-state index contributed by atoms with van der Waals surface area (Å²) in [5.41, 5.74) is 5.51. The Kier molecular flexibility index (Phi) is 4.07. The lowest BCUT2D eigenvalue weighted by molar-refractivity contribution is 0.101. The summed E-state index contributed by atoms with van der Waals surface area (Å²) in [6, 6.07) is 19.4. The highest BCUT2D eigenvalue weighted by atomic mass is 32.2. The van der Waals surface area contributed by atoms with Gasteiger partial charge in [0.1, 0.15) is 0 Å². The first kappa shape index (κ1) is 17.8. The summed E-state index contributed by atoms with van der Waals surface area (Å²) < 4.78 is 1.82. The zero-order chi connectivity index (χ0) is 20.1. The van der Waals surface area contributed by atoms with Crippen molar-refractivity contribution in [3.05, 3.63) is 89.2 Å². The van der Waals surface area contributed by atoms with E-state index in [9.17, 15) is 9.59 Å². The average Bonchev–Trinajstić information content (AvgIpc) is 3.12. The molecule has 0 spiro atoms. The van der Waals surface area contributed by atoms with Gasteiger partial charge in [-0.2, -0.15) is 0 Å². The number of pyridine rings is 1. The number of fused-ring (bicyclic) bond motifs is 3. The first-order chi connectivity index (χ1) is 14.0. The topological polar surface area (TPSA) is 50.6 Å². The molecule has 2 aromatic heterocycles. The molecule has 0 saturated heterocycles. The zero-order valence-electron chi connectivity index (χ0n) is 16.0. The number of rotatable bonds is 3. The Bertz CT molecular complexity index is 1320. The Morgan fingerprint density at radius 3 is 2.55 bits per heavy atom. The molecule has 5 rings (SSSR count). The van der Waals surface area contributed by atoms with E-state index in [0.29, 0.717) is 16.8 Å². The number of nitrogens with one attached hydrogen (secondary N) is 1. The number of hydrogen-bond donors (Lipinski definition) is 1. The molecule has 142 valence electrons. The summed E-state index contributed by atoms with van der Waals surface area (Å²) in [6.07, 6.45) is 1.83. The molecule has 4 aromatic rings. The van der Waals surface area contributed by atoms with Crippen LogP contribution in [0.5, 0.6) is 0 Å². The van der Waals surface area contributed by atoms with E-state index in [4.69, 9.17) is 0 Å². The number of benzene rings is 2. The third kappa shape index (κ3) is 2.86. The van der Waals surface area contributed by atoms with Gasteiger partial charge in [-0.25, -0.2) is 0 Å². The summed E-state index contributed by atoms with van der Waals surface area (Å²) in [4.78, 5) is 27.7. The molecule has 4 nitrogen and oxygen atoms in total. The van der Waals surface area contributed by atoms with Gasteiger partial charge in [-0.15, -0.1) is 0 Å². The van der Waals surface area contributed by atoms with Crippen molar-refractivity contribution in [1.29, 1.82) is 0 Å². The fourth-order valence-electron chi connectivity index (χ4n) is 3.81. The third-order valence-electron chi connectivity index (χ3n) is 5.22. The minimum absolute atomic E-state index is 0.0635. The standard InChI is InChI=1S/C24H18N2O2S/c1-14-6-5-11-26-20(15(2)27)13-17(23(14)26)24(28)16-9-10-19-22(12-16)29-21-8-4-3-7-18(21)25-19/h3-13,25H,1-2H3. The second-order valence-corrected chi connectivity index (χ2v) is 8.26. The molecule has 0 fully saturated rings. The molecule has 0 atom stereocenters. The molecule has 0 unspecified atom stereocenters. The van der Waals surface area contributed by atoms with Gasteiger partial charge in [0.05, 0.1) is 22.6 Å². The summed E-state index contributed by atoms with van der Waals surface area (Å²) in [5.74, 6) is -0.141. The van der Waals surface area contributed by atoms with Crippen molar-refractivity contribution in [3.8, 4) is 0 Å². The van der Waals surface area contributed by atoms with E-state index in [2.05, 4.69) is 11.4 Å². The van der Waals surface area contributed by atoms with E-state index in [1.54, 1.807) is 17.8 Å². The van der Waals surface area contributed by atoms with E-state index in [1.807, 2.05) is 66.1 Å². The molecule has 1 N–H and O–H groups in total. The molecular formula is C24H18N2O2S. The molecule has 0 radical (unpaired) electrons. The van der Waals surface area contributed by atoms with Crippen LogP contribution >= 0.6 is 11.8 Å². The van der Waals surface area contributed by atoms with Crippen LogP contribution in [0, 0.1) is 6.92 Å². The molecule has 0 bridgehead atoms. The van der Waals surface area contributed by atoms with Gasteiger partial charge in [0.15, 0.2) is 11.6 Å². The van der Waals surface area contributed by atoms with E-state index in [1.165, 1.54) is 6.92 Å². The normalized spacial score (nSPS) is 12.2. The van der Waals surface area contributed by atoms with Gasteiger partial charge in [-0.05, 0) is 55.0 Å². The van der Waals surface area contributed by atoms with E-state index in [0.717, 1.165) is 32.2 Å². The summed E-state index contributed by atoms with van der Waals surface area (Å²) in [7, 11) is 0. The van der Waals surface area contributed by atoms with Crippen molar-refractivity contribution in [2.24, 2.45) is 0 Å². The van der Waals surface area contributed by atoms with Crippen LogP contribution in [0.3, 0.4) is 0 Å². The maximum Gasteiger partial charge on any atom is 0.195 e. The summed E-state index contributed by atoms with van der Waals surface area (Å²) >= 11 is 1.65. The number of para-hydroxylation sites is 1. The van der Waals surface area contributed by atoms with E-state index >= 15 is 0 Å². The number of anilines is 2. The van der Waals surface area contributed by atoms with Crippen molar-refractivity contribution in [2.75, 3.05) is 5.32 Å². The Morgan fingerprint density at radius 2 is 1.72 bits per heavy atom. The van der Waals surface area contributed by atoms with E-state index in [-0.39, 0.29) is 11.6 Å². The van der Waals surface area contributed by atoms with Crippen LogP contribution in [-0.2, 0) is 0 Å². The number of carbonyl (C=O) groups excluding carboxylic acids is 2. The van der Waals surface area contributed by atoms with Crippen molar-refractivity contribution in [2.45, 2.75) is 23.6 Å². The van der Waals surface area contributed by atoms with Gasteiger partial charge < -0.3 is 9.72 Å². The average molecular weight is 398 g/mol. The Hall–Kier alpha value is -3.31. The molecule has 1 aliphatic rings. The molecule has 5 heteroatoms. The first-order valence-electron chi connectivity index (χ1n) is 9.37. The summed E-state index contributed by atoms with van der Waals surface area (Å²) in [5, 5.41) is 3.42. The molecule has 0 saturated carbocycles. The lowest BCUT2D eigenvalue weighted by Crippen LogP contribution is -2.05. The van der Waals surface area contributed by atoms with E-state index < -0.39 is 0 Å². The fourth-order valence-corrected chi connectivity index (χ4v) is 4.84. The Morgan fingerprint density at radius 1 is 0.931 bits per heavy atom. The van der Waals surface area contributed by atoms with Crippen LogP contribution in [0.15, 0.2) is 76.7 Å². The minimum atomic E-state index is -0.0773. The maximum absolute atomic E-state index is 13.4. The molecule has 1 aliphatic heterocycles. The molecule has 2 aromatic carbocycles. The zero-order valence-corrected chi connectivity index (χ0v) is 16.8. The first-order valence-corrected chi connectivity index (χ1v) is 10.2. The summed E-state index contributed by atoms with van der Waals surface area (Å²) in [6.45, 7) is 3.48. The highest BCUT2D eigenvalue weighted by Crippen LogP contribution is 2.44. The minimum Gasteiger partial charge on any atom is -0.354 e. The van der Waals surface area contributed by atoms with Crippen molar-refractivity contribution in [3.63, 3.8) is 0 Å². The van der Waals surface area contributed by atoms with Crippen molar-refractivity contribution in [1.82, 2.24) is 4.40 Å². The van der Waals surface area contributed by atoms with Crippen molar-refractivity contribution < 1.29 is 9.59 Å². The monoisotopic (exact) mass is 398 g/mol. The molecule has 29 heavy (non-hydrogen) atoms. The third-order valence-corrected chi connectivity index (χ3v) is 6.35. The maximum atomic E-state index is 13.4. The van der Waals surface area contributed by atoms with Crippen LogP contribution in [0.2, 0.25) is 0 Å². The highest BCUT2D eigenvalue weighted by Gasteiger charge is 2.22. The fraction of sp³-hybridized carbons (Fsp3) is 0.0833. The highest BCUT2D eigenvalue weighted by molar-refractivity contribution is 7.99. The number of carbonyl (C=O) groups is 2. The van der Waals surface area contributed by atoms with Gasteiger partial charge in [0.25, 0.3) is 0 Å². The van der Waals surface area contributed by atoms with Crippen LogP contribution in [-0.4, -0.2) is 16.0 Å². The van der Waals surface area contributed by atoms with Crippen LogP contribution in [0.25, 0.3) is 5.52 Å². The number of ketones is 2. The van der Waals surface area contributed by atoms with Crippen LogP contribution in [0.4, 0.5) is 11.4 Å². The van der Waals surface area contributed by atoms with Crippen LogP contribution in [0.1, 0.15) is 38.9 Å². The Labute approximate surface area is 172 Å². The smallest absolute Gasteiger partial charge is 0.195 e. The van der Waals surface area contributed by atoms with Gasteiger partial charge in [0, 0.05) is 34.0 Å². The Balaban J connectivity index is 1.60. The van der Waals surface area contributed by atoms with Gasteiger partial charge in [-0.3, -0.25) is 9.59 Å². The largest absolute Gasteiger partial charge is 0.354 e. The quantitative estimate of drug-likeness (QED) is 0.385. The number of nitrogens with zero attached hydrogens (tertiary/aromatic N) is 1. The molecule has 0 aliphatic carbocycles. The van der Waals surface area contributed by atoms with Gasteiger partial charge in [0.2, 0.25) is 0 Å². The van der Waals surface area contributed by atoms with Gasteiger partial charge >= 0.3 is 0 Å². The predicted octanol–water partition coefficient (Wildman–Crippen LogP) is 5.89. The predicted molar refractivity (Wildman–Crippen MR) is 116 cm³/mol. The molecule has 0 amide bonds. The lowest BCUT2D eigenvalue weighted by atomic mass is 10.0. The SMILES string of the molecule is CC(=O)c1cc(C(=O)c2ccc3c(c2)Sc2ccccc2N3)c2c(C)cccn12. The lowest BCUT2D eigenvalue weighted by Gasteiger charge is -2.21. The van der Waals surface area contributed by atoms with Gasteiger partial charge in [-0.1, -0.05) is 30.0 Å². The number of Topliss-reactive ketones (excluding diaryl/α,β-unsaturated/α-hetero) is 1. The van der Waals surface area contributed by atoms with Crippen LogP contribution < -0.4 is 5.32 Å². The number of hydrogen-bond acceptors (Lipinski definition) is 4. The van der Waals surface area contributed by atoms with Crippen molar-refractivity contribution >= 4 is 40.2 Å². The number of aryl methyl sites for hydroxylation is 1. The number of aromatic nitrogens is 1.